The second-order valence-electron chi connectivity index (χ2n) is 2.76. The molecule has 13 heavy (non-hydrogen) atoms. The highest BCUT2D eigenvalue weighted by molar-refractivity contribution is 5.73. The Labute approximate surface area is 75.2 Å². The van der Waals surface area contributed by atoms with Crippen molar-refractivity contribution in [1.82, 2.24) is 15.0 Å². The Hall–Kier alpha value is -1.71. The highest BCUT2D eigenvalue weighted by Crippen LogP contribution is 2.09. The van der Waals surface area contributed by atoms with Gasteiger partial charge in [0.15, 0.2) is 0 Å². The van der Waals surface area contributed by atoms with E-state index in [-0.39, 0.29) is 0 Å². The number of nitrogens with zero attached hydrogens (tertiary/aromatic N) is 3. The molecule has 66 valence electrons. The van der Waals surface area contributed by atoms with E-state index in [4.69, 9.17) is 0 Å². The smallest absolute Gasteiger partial charge is 0.121 e. The van der Waals surface area contributed by atoms with Crippen molar-refractivity contribution in [3.05, 3.63) is 24.3 Å². The topological polar surface area (TPSA) is 47.8 Å². The molecule has 2 rings (SSSR count). The van der Waals surface area contributed by atoms with E-state index in [0.29, 0.717) is 13.0 Å². The van der Waals surface area contributed by atoms with Gasteiger partial charge in [-0.3, -0.25) is 0 Å². The molecule has 0 aliphatic heterocycles. The third-order valence-corrected chi connectivity index (χ3v) is 1.88. The number of carbonyl (C=O) groups excluding carboxylic acids is 1. The third-order valence-electron chi connectivity index (χ3n) is 1.88. The molecule has 1 aromatic heterocycles. The van der Waals surface area contributed by atoms with Crippen LogP contribution in [0.2, 0.25) is 0 Å². The lowest BCUT2D eigenvalue weighted by atomic mass is 10.3. The zero-order chi connectivity index (χ0) is 9.10. The monoisotopic (exact) mass is 175 g/mol. The van der Waals surface area contributed by atoms with Crippen LogP contribution in [0.4, 0.5) is 0 Å². The van der Waals surface area contributed by atoms with E-state index < -0.39 is 0 Å². The van der Waals surface area contributed by atoms with Gasteiger partial charge in [-0.05, 0) is 12.1 Å². The molecule has 1 aromatic carbocycles. The van der Waals surface area contributed by atoms with E-state index in [0.717, 1.165) is 17.3 Å². The molecule has 0 spiro atoms. The second-order valence-corrected chi connectivity index (χ2v) is 2.76. The third kappa shape index (κ3) is 1.42. The molecule has 2 aromatic rings. The van der Waals surface area contributed by atoms with Gasteiger partial charge in [0.1, 0.15) is 11.8 Å². The Morgan fingerprint density at radius 1 is 1.38 bits per heavy atom. The number of carbonyl (C=O) groups is 1. The molecule has 0 atom stereocenters. The molecule has 0 amide bonds. The molecule has 0 saturated heterocycles. The van der Waals surface area contributed by atoms with E-state index >= 15 is 0 Å². The standard InChI is InChI=1S/C9H9N3O/c13-7-3-6-12-9-5-2-1-4-8(9)10-11-12/h1-2,4-5,7H,3,6H2. The van der Waals surface area contributed by atoms with Crippen LogP contribution in [-0.4, -0.2) is 21.3 Å². The molecule has 0 aliphatic rings. The van der Waals surface area contributed by atoms with Gasteiger partial charge < -0.3 is 4.79 Å². The lowest BCUT2D eigenvalue weighted by Crippen LogP contribution is -2.00. The SMILES string of the molecule is O=CCCn1nnc2ccccc21. The molecule has 0 radical (unpaired) electrons. The van der Waals surface area contributed by atoms with Crippen molar-refractivity contribution in [2.75, 3.05) is 0 Å². The van der Waals surface area contributed by atoms with Gasteiger partial charge in [-0.1, -0.05) is 17.3 Å². The normalized spacial score (nSPS) is 10.5. The predicted octanol–water partition coefficient (Wildman–Crippen LogP) is 1.02. The Morgan fingerprint density at radius 2 is 2.23 bits per heavy atom. The minimum atomic E-state index is 0.480. The molecule has 0 bridgehead atoms. The zero-order valence-electron chi connectivity index (χ0n) is 7.05. The van der Waals surface area contributed by atoms with Gasteiger partial charge >= 0.3 is 0 Å². The van der Waals surface area contributed by atoms with E-state index in [1.165, 1.54) is 0 Å². The lowest BCUT2D eigenvalue weighted by molar-refractivity contribution is -0.108. The molecule has 0 fully saturated rings. The number of aldehydes is 1. The predicted molar refractivity (Wildman–Crippen MR) is 48.2 cm³/mol. The maximum Gasteiger partial charge on any atom is 0.121 e. The summed E-state index contributed by atoms with van der Waals surface area (Å²) in [5.74, 6) is 0. The molecule has 0 aliphatic carbocycles. The van der Waals surface area contributed by atoms with Gasteiger partial charge in [0, 0.05) is 13.0 Å². The second kappa shape index (κ2) is 3.35. The number of rotatable bonds is 3. The number of aromatic nitrogens is 3. The van der Waals surface area contributed by atoms with Crippen LogP contribution in [0.5, 0.6) is 0 Å². The van der Waals surface area contributed by atoms with Crippen LogP contribution < -0.4 is 0 Å². The summed E-state index contributed by atoms with van der Waals surface area (Å²) < 4.78 is 1.74. The fraction of sp³-hybridized carbons (Fsp3) is 0.222. The van der Waals surface area contributed by atoms with Crippen LogP contribution in [-0.2, 0) is 11.3 Å². The van der Waals surface area contributed by atoms with Crippen LogP contribution in [0.1, 0.15) is 6.42 Å². The van der Waals surface area contributed by atoms with Crippen LogP contribution in [0.15, 0.2) is 24.3 Å². The summed E-state index contributed by atoms with van der Waals surface area (Å²) in [5.41, 5.74) is 1.85. The average Bonchev–Trinajstić information content (AvgIpc) is 2.58. The zero-order valence-corrected chi connectivity index (χ0v) is 7.05. The van der Waals surface area contributed by atoms with Crippen LogP contribution in [0.3, 0.4) is 0 Å². The molecular weight excluding hydrogens is 166 g/mol. The van der Waals surface area contributed by atoms with Crippen LogP contribution in [0.25, 0.3) is 11.0 Å². The van der Waals surface area contributed by atoms with Gasteiger partial charge in [-0.15, -0.1) is 5.10 Å². The Kier molecular flexibility index (Phi) is 2.04. The summed E-state index contributed by atoms with van der Waals surface area (Å²) in [5, 5.41) is 7.91. The summed E-state index contributed by atoms with van der Waals surface area (Å²) >= 11 is 0. The van der Waals surface area contributed by atoms with Gasteiger partial charge in [-0.25, -0.2) is 4.68 Å². The highest BCUT2D eigenvalue weighted by Gasteiger charge is 2.01. The summed E-state index contributed by atoms with van der Waals surface area (Å²) in [6.45, 7) is 0.601. The maximum atomic E-state index is 10.2. The van der Waals surface area contributed by atoms with Gasteiger partial charge in [-0.2, -0.15) is 0 Å². The van der Waals surface area contributed by atoms with E-state index in [2.05, 4.69) is 10.3 Å². The van der Waals surface area contributed by atoms with Crippen molar-refractivity contribution in [3.63, 3.8) is 0 Å². The summed E-state index contributed by atoms with van der Waals surface area (Å²) in [6, 6.07) is 7.70. The Morgan fingerprint density at radius 3 is 3.08 bits per heavy atom. The first kappa shape index (κ1) is 7.91. The number of aryl methyl sites for hydroxylation is 1. The van der Waals surface area contributed by atoms with Gasteiger partial charge in [0.25, 0.3) is 0 Å². The van der Waals surface area contributed by atoms with Gasteiger partial charge in [0.2, 0.25) is 0 Å². The van der Waals surface area contributed by atoms with Crippen molar-refractivity contribution >= 4 is 17.3 Å². The first-order valence-corrected chi connectivity index (χ1v) is 4.13. The van der Waals surface area contributed by atoms with Crippen molar-refractivity contribution in [3.8, 4) is 0 Å². The molecule has 1 heterocycles. The molecule has 0 unspecified atom stereocenters. The number of fused-ring (bicyclic) bond motifs is 1. The minimum absolute atomic E-state index is 0.480. The first-order chi connectivity index (χ1) is 6.42. The fourth-order valence-corrected chi connectivity index (χ4v) is 1.26. The van der Waals surface area contributed by atoms with E-state index in [1.54, 1.807) is 4.68 Å². The number of hydrogen-bond donors (Lipinski definition) is 0. The minimum Gasteiger partial charge on any atom is -0.303 e. The van der Waals surface area contributed by atoms with Crippen LogP contribution in [0, 0.1) is 0 Å². The number of para-hydroxylation sites is 1. The van der Waals surface area contributed by atoms with E-state index in [1.807, 2.05) is 24.3 Å². The van der Waals surface area contributed by atoms with E-state index in [9.17, 15) is 4.79 Å². The van der Waals surface area contributed by atoms with Crippen molar-refractivity contribution in [2.24, 2.45) is 0 Å². The summed E-state index contributed by atoms with van der Waals surface area (Å²) in [4.78, 5) is 10.2. The maximum absolute atomic E-state index is 10.2. The summed E-state index contributed by atoms with van der Waals surface area (Å²) in [6.07, 6.45) is 1.36. The fourth-order valence-electron chi connectivity index (χ4n) is 1.26. The first-order valence-electron chi connectivity index (χ1n) is 4.13. The molecule has 4 nitrogen and oxygen atoms in total. The highest BCUT2D eigenvalue weighted by atomic mass is 16.1. The van der Waals surface area contributed by atoms with Gasteiger partial charge in [0.05, 0.1) is 5.52 Å². The molecule has 0 saturated carbocycles. The average molecular weight is 175 g/mol. The summed E-state index contributed by atoms with van der Waals surface area (Å²) in [7, 11) is 0. The largest absolute Gasteiger partial charge is 0.303 e. The number of benzene rings is 1. The van der Waals surface area contributed by atoms with Crippen molar-refractivity contribution < 1.29 is 4.79 Å². The molecular formula is C9H9N3O. The Balaban J connectivity index is 2.40. The number of hydrogen-bond acceptors (Lipinski definition) is 3. The lowest BCUT2D eigenvalue weighted by Gasteiger charge is -1.96. The van der Waals surface area contributed by atoms with Crippen LogP contribution >= 0.6 is 0 Å². The van der Waals surface area contributed by atoms with Crippen molar-refractivity contribution in [2.45, 2.75) is 13.0 Å². The Bertz CT molecular complexity index is 421. The van der Waals surface area contributed by atoms with Crippen molar-refractivity contribution in [1.29, 1.82) is 0 Å². The molecule has 4 heteroatoms. The quantitative estimate of drug-likeness (QED) is 0.654. The molecule has 0 N–H and O–H groups in total.